The van der Waals surface area contributed by atoms with Gasteiger partial charge in [0.25, 0.3) is 0 Å². The summed E-state index contributed by atoms with van der Waals surface area (Å²) in [6.45, 7) is 3.91. The molecule has 1 aliphatic rings. The SMILES string of the molecule is CCc1cccc(C)c1N1C(=O)CSC1=NC(=O)N/N=C/c1cccc(-c2ncn(-c3ccc(OC(F)(F)F)cc3)n2)c1. The molecule has 0 spiro atoms. The number of ether oxygens (including phenoxy) is 1. The van der Waals surface area contributed by atoms with E-state index in [1.165, 1.54) is 58.2 Å². The predicted molar refractivity (Wildman–Crippen MR) is 158 cm³/mol. The number of benzene rings is 3. The molecule has 0 radical (unpaired) electrons. The number of nitrogens with one attached hydrogen (secondary N) is 1. The summed E-state index contributed by atoms with van der Waals surface area (Å²) in [6.07, 6.45) is -1.19. The van der Waals surface area contributed by atoms with Crippen molar-refractivity contribution in [1.29, 1.82) is 0 Å². The molecule has 10 nitrogen and oxygen atoms in total. The molecule has 1 fully saturated rings. The number of rotatable bonds is 7. The highest BCUT2D eigenvalue weighted by Crippen LogP contribution is 2.33. The monoisotopic (exact) mass is 607 g/mol. The summed E-state index contributed by atoms with van der Waals surface area (Å²) in [4.78, 5) is 35.1. The van der Waals surface area contributed by atoms with Gasteiger partial charge >= 0.3 is 12.4 Å². The fraction of sp³-hybridized carbons (Fsp3) is 0.172. The van der Waals surface area contributed by atoms with Gasteiger partial charge in [-0.2, -0.15) is 10.1 Å². The van der Waals surface area contributed by atoms with E-state index in [4.69, 9.17) is 0 Å². The molecule has 0 saturated carbocycles. The van der Waals surface area contributed by atoms with Crippen LogP contribution < -0.4 is 15.1 Å². The highest BCUT2D eigenvalue weighted by atomic mass is 32.2. The minimum Gasteiger partial charge on any atom is -0.406 e. The molecule has 2 heterocycles. The molecule has 220 valence electrons. The number of aromatic nitrogens is 3. The molecular weight excluding hydrogens is 583 g/mol. The molecular formula is C29H24F3N7O3S. The second-order valence-corrected chi connectivity index (χ2v) is 10.1. The lowest BCUT2D eigenvalue weighted by Gasteiger charge is -2.21. The van der Waals surface area contributed by atoms with E-state index in [2.05, 4.69) is 30.3 Å². The Morgan fingerprint density at radius 1 is 1.14 bits per heavy atom. The van der Waals surface area contributed by atoms with Crippen LogP contribution in [0.15, 0.2) is 83.2 Å². The highest BCUT2D eigenvalue weighted by molar-refractivity contribution is 8.15. The molecule has 0 unspecified atom stereocenters. The Labute approximate surface area is 248 Å². The normalized spacial score (nSPS) is 14.6. The maximum absolute atomic E-state index is 12.7. The van der Waals surface area contributed by atoms with Crippen molar-refractivity contribution in [3.63, 3.8) is 0 Å². The number of amides is 3. The lowest BCUT2D eigenvalue weighted by Crippen LogP contribution is -2.32. The third-order valence-corrected chi connectivity index (χ3v) is 7.16. The van der Waals surface area contributed by atoms with Crippen molar-refractivity contribution in [2.24, 2.45) is 10.1 Å². The van der Waals surface area contributed by atoms with Crippen molar-refractivity contribution in [2.45, 2.75) is 26.6 Å². The Kier molecular flexibility index (Phi) is 8.57. The average molecular weight is 608 g/mol. The number of carbonyl (C=O) groups excluding carboxylic acids is 2. The zero-order chi connectivity index (χ0) is 30.6. The number of hydrazone groups is 1. The van der Waals surface area contributed by atoms with Gasteiger partial charge in [-0.3, -0.25) is 9.69 Å². The van der Waals surface area contributed by atoms with Gasteiger partial charge in [-0.1, -0.05) is 55.1 Å². The van der Waals surface area contributed by atoms with Crippen LogP contribution in [0.2, 0.25) is 0 Å². The number of urea groups is 1. The number of anilines is 1. The molecule has 14 heteroatoms. The molecule has 1 aliphatic heterocycles. The number of hydrogen-bond acceptors (Lipinski definition) is 7. The van der Waals surface area contributed by atoms with E-state index >= 15 is 0 Å². The van der Waals surface area contributed by atoms with Gasteiger partial charge in [-0.05, 0) is 60.4 Å². The van der Waals surface area contributed by atoms with Gasteiger partial charge in [0, 0.05) is 5.56 Å². The maximum Gasteiger partial charge on any atom is 0.573 e. The van der Waals surface area contributed by atoms with Crippen LogP contribution in [0.4, 0.5) is 23.7 Å². The van der Waals surface area contributed by atoms with Crippen molar-refractivity contribution in [2.75, 3.05) is 10.7 Å². The van der Waals surface area contributed by atoms with Crippen LogP contribution in [-0.2, 0) is 11.2 Å². The van der Waals surface area contributed by atoms with Gasteiger partial charge in [-0.15, -0.1) is 18.3 Å². The molecule has 3 amide bonds. The Balaban J connectivity index is 1.25. The molecule has 0 bridgehead atoms. The third-order valence-electron chi connectivity index (χ3n) is 6.23. The fourth-order valence-corrected chi connectivity index (χ4v) is 5.19. The van der Waals surface area contributed by atoms with E-state index in [9.17, 15) is 22.8 Å². The van der Waals surface area contributed by atoms with Crippen LogP contribution in [0.1, 0.15) is 23.6 Å². The predicted octanol–water partition coefficient (Wildman–Crippen LogP) is 5.88. The molecule has 1 aromatic heterocycles. The van der Waals surface area contributed by atoms with Crippen molar-refractivity contribution in [1.82, 2.24) is 20.2 Å². The van der Waals surface area contributed by atoms with Gasteiger partial charge in [0.15, 0.2) is 11.0 Å². The van der Waals surface area contributed by atoms with Gasteiger partial charge in [0.2, 0.25) is 5.91 Å². The standard InChI is InChI=1S/C29H24F3N7O3S/c1-3-20-8-4-6-18(2)25(20)39-24(40)16-43-28(39)35-27(41)36-34-15-19-7-5-9-21(14-19)26-33-17-38(37-26)22-10-12-23(13-11-22)42-29(30,31)32/h4-15,17H,3,16H2,1-2H3,(H,36,41)/b34-15+,35-28?. The molecule has 1 N–H and O–H groups in total. The summed E-state index contributed by atoms with van der Waals surface area (Å²) >= 11 is 1.19. The Morgan fingerprint density at radius 2 is 1.91 bits per heavy atom. The lowest BCUT2D eigenvalue weighted by atomic mass is 10.0. The van der Waals surface area contributed by atoms with Gasteiger partial charge < -0.3 is 4.74 Å². The number of carbonyl (C=O) groups is 2. The van der Waals surface area contributed by atoms with E-state index in [0.717, 1.165) is 23.2 Å². The number of nitrogens with zero attached hydrogens (tertiary/aromatic N) is 6. The number of amidine groups is 1. The number of aliphatic imine (C=N–C) groups is 1. The second-order valence-electron chi connectivity index (χ2n) is 9.20. The zero-order valence-electron chi connectivity index (χ0n) is 22.9. The molecule has 5 rings (SSSR count). The molecule has 0 atom stereocenters. The van der Waals surface area contributed by atoms with Crippen molar-refractivity contribution >= 4 is 40.8 Å². The van der Waals surface area contributed by atoms with Crippen LogP contribution in [-0.4, -0.2) is 50.2 Å². The zero-order valence-corrected chi connectivity index (χ0v) is 23.7. The average Bonchev–Trinajstić information content (AvgIpc) is 3.60. The summed E-state index contributed by atoms with van der Waals surface area (Å²) in [5.41, 5.74) is 6.78. The largest absolute Gasteiger partial charge is 0.573 e. The summed E-state index contributed by atoms with van der Waals surface area (Å²) in [5.74, 6) is 0.0597. The lowest BCUT2D eigenvalue weighted by molar-refractivity contribution is -0.274. The van der Waals surface area contributed by atoms with E-state index < -0.39 is 12.4 Å². The van der Waals surface area contributed by atoms with Crippen LogP contribution in [0, 0.1) is 6.92 Å². The molecule has 43 heavy (non-hydrogen) atoms. The number of aryl methyl sites for hydroxylation is 2. The van der Waals surface area contributed by atoms with Crippen molar-refractivity contribution < 1.29 is 27.5 Å². The van der Waals surface area contributed by atoms with Crippen LogP contribution >= 0.6 is 11.8 Å². The summed E-state index contributed by atoms with van der Waals surface area (Å²) in [5, 5.41) is 8.67. The van der Waals surface area contributed by atoms with Gasteiger partial charge in [0.1, 0.15) is 12.1 Å². The van der Waals surface area contributed by atoms with Crippen LogP contribution in [0.5, 0.6) is 5.75 Å². The van der Waals surface area contributed by atoms with Crippen LogP contribution in [0.25, 0.3) is 17.1 Å². The first-order chi connectivity index (χ1) is 20.6. The first-order valence-corrected chi connectivity index (χ1v) is 13.9. The van der Waals surface area contributed by atoms with E-state index in [-0.39, 0.29) is 22.6 Å². The number of thioether (sulfide) groups is 1. The fourth-order valence-electron chi connectivity index (χ4n) is 4.34. The number of alkyl halides is 3. The minimum atomic E-state index is -4.77. The Hall–Kier alpha value is -4.98. The highest BCUT2D eigenvalue weighted by Gasteiger charge is 2.33. The van der Waals surface area contributed by atoms with Crippen LogP contribution in [0.3, 0.4) is 0 Å². The molecule has 4 aromatic rings. The van der Waals surface area contributed by atoms with Crippen molar-refractivity contribution in [3.05, 3.63) is 89.7 Å². The van der Waals surface area contributed by atoms with E-state index in [1.54, 1.807) is 24.3 Å². The quantitative estimate of drug-likeness (QED) is 0.207. The van der Waals surface area contributed by atoms with Crippen molar-refractivity contribution in [3.8, 4) is 22.8 Å². The van der Waals surface area contributed by atoms with Gasteiger partial charge in [-0.25, -0.2) is 19.9 Å². The molecule has 1 saturated heterocycles. The number of halogens is 3. The summed E-state index contributed by atoms with van der Waals surface area (Å²) in [6, 6.07) is 17.3. The third kappa shape index (κ3) is 7.09. The van der Waals surface area contributed by atoms with E-state index in [0.29, 0.717) is 22.6 Å². The number of para-hydroxylation sites is 1. The number of hydrogen-bond donors (Lipinski definition) is 1. The van der Waals surface area contributed by atoms with Gasteiger partial charge in [0.05, 0.1) is 23.3 Å². The Morgan fingerprint density at radius 3 is 2.65 bits per heavy atom. The van der Waals surface area contributed by atoms with E-state index in [1.807, 2.05) is 32.0 Å². The summed E-state index contributed by atoms with van der Waals surface area (Å²) in [7, 11) is 0. The minimum absolute atomic E-state index is 0.149. The first-order valence-electron chi connectivity index (χ1n) is 13.0. The Bertz CT molecular complexity index is 1720. The smallest absolute Gasteiger partial charge is 0.406 e. The molecule has 0 aliphatic carbocycles. The first kappa shape index (κ1) is 29.5. The topological polar surface area (TPSA) is 114 Å². The summed E-state index contributed by atoms with van der Waals surface area (Å²) < 4.78 is 42.5. The second kappa shape index (κ2) is 12.5. The maximum atomic E-state index is 12.7. The molecule has 3 aromatic carbocycles.